The van der Waals surface area contributed by atoms with Gasteiger partial charge in [0.2, 0.25) is 0 Å². The van der Waals surface area contributed by atoms with Crippen LogP contribution in [0.5, 0.6) is 0 Å². The Hall–Kier alpha value is -1.75. The minimum atomic E-state index is -0.519. The van der Waals surface area contributed by atoms with Crippen molar-refractivity contribution in [1.29, 1.82) is 0 Å². The molecule has 0 saturated heterocycles. The third-order valence-corrected chi connectivity index (χ3v) is 2.01. The van der Waals surface area contributed by atoms with E-state index in [1.54, 1.807) is 39.0 Å². The molecule has 0 heterocycles. The van der Waals surface area contributed by atoms with E-state index in [-0.39, 0.29) is 0 Å². The number of nitrogens with two attached hydrogens (primary N) is 2. The Balaban J connectivity index is 2.72. The number of nitrogen functional groups attached to an aromatic ring is 1. The van der Waals surface area contributed by atoms with Crippen molar-refractivity contribution in [2.45, 2.75) is 32.9 Å². The van der Waals surface area contributed by atoms with Gasteiger partial charge in [-0.25, -0.2) is 4.79 Å². The highest BCUT2D eigenvalue weighted by Crippen LogP contribution is 2.18. The molecule has 0 aromatic heterocycles. The van der Waals surface area contributed by atoms with E-state index >= 15 is 0 Å². The molecule has 0 aliphatic heterocycles. The summed E-state index contributed by atoms with van der Waals surface area (Å²) in [5.74, 6) is 0. The maximum absolute atomic E-state index is 11.5. The van der Waals surface area contributed by atoms with Crippen LogP contribution in [0.3, 0.4) is 0 Å². The van der Waals surface area contributed by atoms with Gasteiger partial charge in [0.15, 0.2) is 0 Å². The molecule has 0 saturated carbocycles. The summed E-state index contributed by atoms with van der Waals surface area (Å²) in [4.78, 5) is 11.5. The molecule has 0 unspecified atom stereocenters. The van der Waals surface area contributed by atoms with Gasteiger partial charge in [0.05, 0.1) is 0 Å². The molecule has 1 aromatic rings. The van der Waals surface area contributed by atoms with Gasteiger partial charge in [-0.2, -0.15) is 0 Å². The molecule has 0 aliphatic rings. The Labute approximate surface area is 101 Å². The maximum atomic E-state index is 11.5. The summed E-state index contributed by atoms with van der Waals surface area (Å²) in [5, 5.41) is 2.63. The lowest BCUT2D eigenvalue weighted by Crippen LogP contribution is -2.27. The van der Waals surface area contributed by atoms with E-state index in [4.69, 9.17) is 16.2 Å². The lowest BCUT2D eigenvalue weighted by molar-refractivity contribution is 0.0636. The minimum absolute atomic E-state index is 0.329. The summed E-state index contributed by atoms with van der Waals surface area (Å²) >= 11 is 0. The van der Waals surface area contributed by atoms with Crippen molar-refractivity contribution < 1.29 is 9.53 Å². The molecule has 5 N–H and O–H groups in total. The van der Waals surface area contributed by atoms with Crippen LogP contribution in [0.25, 0.3) is 0 Å². The van der Waals surface area contributed by atoms with Gasteiger partial charge in [-0.3, -0.25) is 5.32 Å². The normalized spacial score (nSPS) is 11.1. The number of carbonyl (C=O) groups excluding carboxylic acids is 1. The summed E-state index contributed by atoms with van der Waals surface area (Å²) < 4.78 is 5.13. The van der Waals surface area contributed by atoms with Gasteiger partial charge in [-0.15, -0.1) is 0 Å². The van der Waals surface area contributed by atoms with E-state index in [1.807, 2.05) is 0 Å². The topological polar surface area (TPSA) is 90.4 Å². The minimum Gasteiger partial charge on any atom is -0.444 e. The number of rotatable bonds is 2. The molecule has 0 fully saturated rings. The zero-order valence-electron chi connectivity index (χ0n) is 10.4. The van der Waals surface area contributed by atoms with Gasteiger partial charge >= 0.3 is 6.09 Å². The van der Waals surface area contributed by atoms with Crippen LogP contribution in [0.15, 0.2) is 18.2 Å². The number of hydrogen-bond acceptors (Lipinski definition) is 4. The highest BCUT2D eigenvalue weighted by atomic mass is 16.6. The van der Waals surface area contributed by atoms with Crippen LogP contribution in [-0.4, -0.2) is 11.7 Å². The summed E-state index contributed by atoms with van der Waals surface area (Å²) in [6.07, 6.45) is -0.495. The monoisotopic (exact) mass is 237 g/mol. The first kappa shape index (κ1) is 13.3. The molecule has 0 atom stereocenters. The molecule has 1 rings (SSSR count). The van der Waals surface area contributed by atoms with E-state index in [0.717, 1.165) is 5.56 Å². The highest BCUT2D eigenvalue weighted by molar-refractivity contribution is 5.85. The first-order valence-electron chi connectivity index (χ1n) is 5.40. The van der Waals surface area contributed by atoms with Crippen LogP contribution in [-0.2, 0) is 11.3 Å². The number of nitrogens with one attached hydrogen (secondary N) is 1. The van der Waals surface area contributed by atoms with Crippen molar-refractivity contribution in [2.75, 3.05) is 11.1 Å². The number of carbonyl (C=O) groups is 1. The van der Waals surface area contributed by atoms with Crippen LogP contribution in [0.1, 0.15) is 26.3 Å². The molecule has 1 amide bonds. The van der Waals surface area contributed by atoms with Crippen LogP contribution in [0.4, 0.5) is 16.2 Å². The second-order valence-corrected chi connectivity index (χ2v) is 4.74. The summed E-state index contributed by atoms with van der Waals surface area (Å²) in [5.41, 5.74) is 12.7. The molecule has 17 heavy (non-hydrogen) atoms. The van der Waals surface area contributed by atoms with Gasteiger partial charge in [0, 0.05) is 17.9 Å². The Bertz CT molecular complexity index is 411. The smallest absolute Gasteiger partial charge is 0.412 e. The van der Waals surface area contributed by atoms with Gasteiger partial charge < -0.3 is 16.2 Å². The average Bonchev–Trinajstić information content (AvgIpc) is 2.18. The predicted octanol–water partition coefficient (Wildman–Crippen LogP) is 2.07. The molecule has 0 radical (unpaired) electrons. The predicted molar refractivity (Wildman–Crippen MR) is 68.6 cm³/mol. The number of amides is 1. The first-order chi connectivity index (χ1) is 7.81. The van der Waals surface area contributed by atoms with E-state index in [1.165, 1.54) is 0 Å². The fraction of sp³-hybridized carbons (Fsp3) is 0.417. The zero-order valence-corrected chi connectivity index (χ0v) is 10.4. The van der Waals surface area contributed by atoms with E-state index in [2.05, 4.69) is 5.32 Å². The Kier molecular flexibility index (Phi) is 3.96. The van der Waals surface area contributed by atoms with Gasteiger partial charge in [0.25, 0.3) is 0 Å². The standard InChI is InChI=1S/C12H19N3O2/c1-12(2,3)17-11(16)15-9-4-5-10(14)8(6-9)7-13/h4-6H,7,13-14H2,1-3H3,(H,15,16). The summed E-state index contributed by atoms with van der Waals surface area (Å²) in [7, 11) is 0. The van der Waals surface area contributed by atoms with Crippen molar-refractivity contribution in [3.63, 3.8) is 0 Å². The van der Waals surface area contributed by atoms with Crippen LogP contribution >= 0.6 is 0 Å². The average molecular weight is 237 g/mol. The molecular formula is C12H19N3O2. The second kappa shape index (κ2) is 5.05. The van der Waals surface area contributed by atoms with Gasteiger partial charge in [-0.05, 0) is 44.5 Å². The third-order valence-electron chi connectivity index (χ3n) is 2.01. The molecule has 94 valence electrons. The Morgan fingerprint density at radius 2 is 2.06 bits per heavy atom. The van der Waals surface area contributed by atoms with Crippen molar-refractivity contribution in [1.82, 2.24) is 0 Å². The largest absolute Gasteiger partial charge is 0.444 e. The number of hydrogen-bond donors (Lipinski definition) is 3. The zero-order chi connectivity index (χ0) is 13.1. The van der Waals surface area contributed by atoms with Crippen molar-refractivity contribution in [3.05, 3.63) is 23.8 Å². The quantitative estimate of drug-likeness (QED) is 0.687. The number of benzene rings is 1. The van der Waals surface area contributed by atoms with E-state index in [9.17, 15) is 4.79 Å². The highest BCUT2D eigenvalue weighted by Gasteiger charge is 2.16. The number of ether oxygens (including phenoxy) is 1. The lowest BCUT2D eigenvalue weighted by atomic mass is 10.1. The fourth-order valence-electron chi connectivity index (χ4n) is 1.28. The van der Waals surface area contributed by atoms with E-state index in [0.29, 0.717) is 17.9 Å². The van der Waals surface area contributed by atoms with Gasteiger partial charge in [0.1, 0.15) is 5.60 Å². The number of anilines is 2. The molecule has 5 nitrogen and oxygen atoms in total. The van der Waals surface area contributed by atoms with Crippen molar-refractivity contribution in [3.8, 4) is 0 Å². The molecular weight excluding hydrogens is 218 g/mol. The first-order valence-corrected chi connectivity index (χ1v) is 5.40. The summed E-state index contributed by atoms with van der Waals surface area (Å²) in [6.45, 7) is 5.75. The van der Waals surface area contributed by atoms with Crippen molar-refractivity contribution >= 4 is 17.5 Å². The third kappa shape index (κ3) is 4.32. The van der Waals surface area contributed by atoms with Crippen LogP contribution < -0.4 is 16.8 Å². The molecule has 0 bridgehead atoms. The molecule has 5 heteroatoms. The second-order valence-electron chi connectivity index (χ2n) is 4.74. The van der Waals surface area contributed by atoms with E-state index < -0.39 is 11.7 Å². The van der Waals surface area contributed by atoms with Crippen molar-refractivity contribution in [2.24, 2.45) is 5.73 Å². The van der Waals surface area contributed by atoms with Crippen LogP contribution in [0.2, 0.25) is 0 Å². The maximum Gasteiger partial charge on any atom is 0.412 e. The Morgan fingerprint density at radius 3 is 2.59 bits per heavy atom. The molecule has 0 aliphatic carbocycles. The summed E-state index contributed by atoms with van der Waals surface area (Å²) in [6, 6.07) is 5.15. The Morgan fingerprint density at radius 1 is 1.41 bits per heavy atom. The fourth-order valence-corrected chi connectivity index (χ4v) is 1.28. The van der Waals surface area contributed by atoms with Crippen LogP contribution in [0, 0.1) is 0 Å². The SMILES string of the molecule is CC(C)(C)OC(=O)Nc1ccc(N)c(CN)c1. The molecule has 0 spiro atoms. The molecule has 1 aromatic carbocycles. The van der Waals surface area contributed by atoms with Gasteiger partial charge in [-0.1, -0.05) is 0 Å². The lowest BCUT2D eigenvalue weighted by Gasteiger charge is -2.19.